The second-order valence-electron chi connectivity index (χ2n) is 6.36. The van der Waals surface area contributed by atoms with Gasteiger partial charge in [-0.3, -0.25) is 9.78 Å². The van der Waals surface area contributed by atoms with Crippen LogP contribution in [0.25, 0.3) is 22.0 Å². The summed E-state index contributed by atoms with van der Waals surface area (Å²) >= 11 is 0. The highest BCUT2D eigenvalue weighted by atomic mass is 16.7. The van der Waals surface area contributed by atoms with Crippen molar-refractivity contribution in [3.63, 3.8) is 0 Å². The maximum absolute atomic E-state index is 12.8. The van der Waals surface area contributed by atoms with E-state index in [-0.39, 0.29) is 11.6 Å². The van der Waals surface area contributed by atoms with Crippen LogP contribution in [0.15, 0.2) is 35.4 Å². The molecule has 5 nitrogen and oxygen atoms in total. The van der Waals surface area contributed by atoms with Crippen molar-refractivity contribution in [1.29, 1.82) is 0 Å². The fourth-order valence-corrected chi connectivity index (χ4v) is 3.65. The molecule has 0 amide bonds. The zero-order chi connectivity index (χ0) is 17.0. The van der Waals surface area contributed by atoms with Crippen molar-refractivity contribution in [2.45, 2.75) is 26.8 Å². The topological polar surface area (TPSA) is 56.2 Å². The Kier molecular flexibility index (Phi) is 3.21. The van der Waals surface area contributed by atoms with E-state index in [1.165, 1.54) is 0 Å². The molecule has 0 fully saturated rings. The molecule has 0 aliphatic carbocycles. The molecule has 2 aromatic heterocycles. The van der Waals surface area contributed by atoms with E-state index < -0.39 is 0 Å². The molecule has 0 spiro atoms. The standard InChI is InChI=1S/C19H19N3O2/c1-10-16(13-6-5-7-20-9-13)15-8-14-12(3)21-24-18(14)11(2)17(15)22(4)19(10)23/h5-9,12,21H,1-4H3. The highest BCUT2D eigenvalue weighted by Crippen LogP contribution is 2.41. The van der Waals surface area contributed by atoms with Crippen LogP contribution >= 0.6 is 0 Å². The van der Waals surface area contributed by atoms with Gasteiger partial charge in [0.1, 0.15) is 0 Å². The van der Waals surface area contributed by atoms with Gasteiger partial charge in [0.2, 0.25) is 0 Å². The molecule has 1 aliphatic heterocycles. The second kappa shape index (κ2) is 5.18. The van der Waals surface area contributed by atoms with Crippen LogP contribution in [0.3, 0.4) is 0 Å². The number of aromatic nitrogens is 2. The smallest absolute Gasteiger partial charge is 0.254 e. The third kappa shape index (κ3) is 1.91. The maximum Gasteiger partial charge on any atom is 0.254 e. The molecule has 0 bridgehead atoms. The Morgan fingerprint density at radius 2 is 2.08 bits per heavy atom. The van der Waals surface area contributed by atoms with Crippen LogP contribution in [0, 0.1) is 13.8 Å². The molecule has 1 aromatic carbocycles. The fraction of sp³-hybridized carbons (Fsp3) is 0.263. The predicted molar refractivity (Wildman–Crippen MR) is 94.1 cm³/mol. The highest BCUT2D eigenvalue weighted by molar-refractivity contribution is 5.99. The van der Waals surface area contributed by atoms with Crippen LogP contribution in [0.5, 0.6) is 5.75 Å². The van der Waals surface area contributed by atoms with Gasteiger partial charge in [-0.05, 0) is 32.9 Å². The number of nitrogens with zero attached hydrogens (tertiary/aromatic N) is 2. The van der Waals surface area contributed by atoms with Crippen molar-refractivity contribution in [3.05, 3.63) is 57.6 Å². The summed E-state index contributed by atoms with van der Waals surface area (Å²) in [6.07, 6.45) is 3.55. The monoisotopic (exact) mass is 321 g/mol. The zero-order valence-electron chi connectivity index (χ0n) is 14.2. The van der Waals surface area contributed by atoms with Crippen LogP contribution in [-0.4, -0.2) is 9.55 Å². The number of aryl methyl sites for hydroxylation is 2. The fourth-order valence-electron chi connectivity index (χ4n) is 3.65. The molecule has 24 heavy (non-hydrogen) atoms. The molecular formula is C19H19N3O2. The lowest BCUT2D eigenvalue weighted by molar-refractivity contribution is 0.199. The third-order valence-corrected chi connectivity index (χ3v) is 4.87. The van der Waals surface area contributed by atoms with E-state index in [4.69, 9.17) is 4.84 Å². The van der Waals surface area contributed by atoms with E-state index in [1.807, 2.05) is 39.2 Å². The molecule has 4 rings (SSSR count). The average molecular weight is 321 g/mol. The van der Waals surface area contributed by atoms with Gasteiger partial charge in [-0.2, -0.15) is 0 Å². The second-order valence-corrected chi connectivity index (χ2v) is 6.36. The average Bonchev–Trinajstić information content (AvgIpc) is 2.95. The van der Waals surface area contributed by atoms with Gasteiger partial charge in [-0.25, -0.2) is 0 Å². The van der Waals surface area contributed by atoms with Gasteiger partial charge in [-0.15, -0.1) is 5.48 Å². The van der Waals surface area contributed by atoms with E-state index in [1.54, 1.807) is 10.8 Å². The minimum atomic E-state index is 0.00316. The summed E-state index contributed by atoms with van der Waals surface area (Å²) < 4.78 is 1.71. The number of fused-ring (bicyclic) bond motifs is 2. The lowest BCUT2D eigenvalue weighted by atomic mass is 9.93. The third-order valence-electron chi connectivity index (χ3n) is 4.87. The predicted octanol–water partition coefficient (Wildman–Crippen LogP) is 3.18. The van der Waals surface area contributed by atoms with Crippen molar-refractivity contribution in [1.82, 2.24) is 15.0 Å². The van der Waals surface area contributed by atoms with Crippen LogP contribution in [0.1, 0.15) is 29.7 Å². The SMILES string of the molecule is Cc1c(-c2cccnc2)c2cc3c(c(C)c2n(C)c1=O)ONC3C. The van der Waals surface area contributed by atoms with Gasteiger partial charge < -0.3 is 9.40 Å². The Hall–Kier alpha value is -2.66. The molecule has 0 radical (unpaired) electrons. The van der Waals surface area contributed by atoms with Crippen LogP contribution < -0.4 is 15.9 Å². The first-order valence-corrected chi connectivity index (χ1v) is 8.00. The van der Waals surface area contributed by atoms with Gasteiger partial charge in [0.05, 0.1) is 11.6 Å². The van der Waals surface area contributed by atoms with E-state index in [0.717, 1.165) is 44.5 Å². The van der Waals surface area contributed by atoms with Gasteiger partial charge in [-0.1, -0.05) is 6.07 Å². The molecule has 122 valence electrons. The number of nitrogens with one attached hydrogen (secondary N) is 1. The molecule has 1 unspecified atom stereocenters. The molecule has 0 saturated carbocycles. The summed E-state index contributed by atoms with van der Waals surface area (Å²) in [7, 11) is 1.82. The van der Waals surface area contributed by atoms with Crippen molar-refractivity contribution in [2.24, 2.45) is 7.05 Å². The first-order chi connectivity index (χ1) is 11.5. The van der Waals surface area contributed by atoms with Crippen molar-refractivity contribution in [2.75, 3.05) is 0 Å². The molecular weight excluding hydrogens is 302 g/mol. The Morgan fingerprint density at radius 3 is 2.79 bits per heavy atom. The highest BCUT2D eigenvalue weighted by Gasteiger charge is 2.26. The Balaban J connectivity index is 2.23. The van der Waals surface area contributed by atoms with Crippen molar-refractivity contribution < 1.29 is 4.84 Å². The molecule has 1 N–H and O–H groups in total. The number of pyridine rings is 2. The van der Waals surface area contributed by atoms with Crippen LogP contribution in [-0.2, 0) is 7.05 Å². The first kappa shape index (κ1) is 14.9. The quantitative estimate of drug-likeness (QED) is 0.748. The molecule has 1 aliphatic rings. The molecule has 5 heteroatoms. The van der Waals surface area contributed by atoms with Gasteiger partial charge in [0, 0.05) is 52.6 Å². The maximum atomic E-state index is 12.8. The summed E-state index contributed by atoms with van der Waals surface area (Å²) in [5.41, 5.74) is 8.64. The van der Waals surface area contributed by atoms with E-state index in [2.05, 4.69) is 23.5 Å². The molecule has 3 aromatic rings. The summed E-state index contributed by atoms with van der Waals surface area (Å²) in [5.74, 6) is 0.825. The normalized spacial score (nSPS) is 16.2. The van der Waals surface area contributed by atoms with Crippen molar-refractivity contribution >= 4 is 10.9 Å². The minimum Gasteiger partial charge on any atom is -0.407 e. The van der Waals surface area contributed by atoms with Gasteiger partial charge in [0.25, 0.3) is 5.56 Å². The van der Waals surface area contributed by atoms with Gasteiger partial charge >= 0.3 is 0 Å². The largest absolute Gasteiger partial charge is 0.407 e. The first-order valence-electron chi connectivity index (χ1n) is 8.00. The van der Waals surface area contributed by atoms with Crippen LogP contribution in [0.2, 0.25) is 0 Å². The number of hydrogen-bond donors (Lipinski definition) is 1. The molecule has 0 saturated heterocycles. The Morgan fingerprint density at radius 1 is 1.29 bits per heavy atom. The number of benzene rings is 1. The van der Waals surface area contributed by atoms with E-state index >= 15 is 0 Å². The Labute approximate surface area is 139 Å². The summed E-state index contributed by atoms with van der Waals surface area (Å²) in [6, 6.07) is 6.14. The van der Waals surface area contributed by atoms with E-state index in [9.17, 15) is 4.79 Å². The van der Waals surface area contributed by atoms with Crippen LogP contribution in [0.4, 0.5) is 0 Å². The number of rotatable bonds is 1. The van der Waals surface area contributed by atoms with Crippen molar-refractivity contribution in [3.8, 4) is 16.9 Å². The number of hydrogen-bond acceptors (Lipinski definition) is 4. The molecule has 1 atom stereocenters. The minimum absolute atomic E-state index is 0.00316. The lowest BCUT2D eigenvalue weighted by Gasteiger charge is -2.17. The lowest BCUT2D eigenvalue weighted by Crippen LogP contribution is -2.21. The van der Waals surface area contributed by atoms with E-state index in [0.29, 0.717) is 0 Å². The Bertz CT molecular complexity index is 1020. The summed E-state index contributed by atoms with van der Waals surface area (Å²) in [6.45, 7) is 5.95. The molecule has 3 heterocycles. The zero-order valence-corrected chi connectivity index (χ0v) is 14.2. The van der Waals surface area contributed by atoms with Gasteiger partial charge in [0.15, 0.2) is 5.75 Å². The number of hydroxylamine groups is 1. The summed E-state index contributed by atoms with van der Waals surface area (Å²) in [4.78, 5) is 22.6. The summed E-state index contributed by atoms with van der Waals surface area (Å²) in [5, 5.41) is 1.05.